The molecule has 2 N–H and O–H groups in total. The highest BCUT2D eigenvalue weighted by Gasteiger charge is 1.95. The van der Waals surface area contributed by atoms with E-state index in [9.17, 15) is 4.79 Å². The molecule has 0 aromatic heterocycles. The molecule has 0 unspecified atom stereocenters. The number of aliphatic carboxylic acids is 1. The van der Waals surface area contributed by atoms with Crippen LogP contribution in [-0.2, 0) is 4.79 Å². The zero-order valence-corrected chi connectivity index (χ0v) is 10.0. The predicted octanol–water partition coefficient (Wildman–Crippen LogP) is 3.13. The van der Waals surface area contributed by atoms with Gasteiger partial charge in [0.15, 0.2) is 0 Å². The molecule has 3 heteroatoms. The van der Waals surface area contributed by atoms with E-state index in [1.54, 1.807) is 0 Å². The Balaban J connectivity index is 3.03. The lowest BCUT2D eigenvalue weighted by Gasteiger charge is -1.98. The summed E-state index contributed by atoms with van der Waals surface area (Å²) in [6.07, 6.45) is 12.9. The third-order valence-electron chi connectivity index (χ3n) is 2.46. The number of carboxylic acids is 1. The van der Waals surface area contributed by atoms with E-state index in [2.05, 4.69) is 12.2 Å². The van der Waals surface area contributed by atoms with E-state index in [4.69, 9.17) is 10.2 Å². The van der Waals surface area contributed by atoms with Crippen molar-refractivity contribution in [1.29, 1.82) is 0 Å². The van der Waals surface area contributed by atoms with Gasteiger partial charge >= 0.3 is 5.97 Å². The quantitative estimate of drug-likeness (QED) is 0.422. The predicted molar refractivity (Wildman–Crippen MR) is 65.4 cm³/mol. The summed E-state index contributed by atoms with van der Waals surface area (Å²) in [5.41, 5.74) is 0. The highest BCUT2D eigenvalue weighted by atomic mass is 16.4. The number of aliphatic hydroxyl groups excluding tert-OH is 1. The average molecular weight is 228 g/mol. The van der Waals surface area contributed by atoms with Gasteiger partial charge in [0.05, 0.1) is 0 Å². The minimum atomic E-state index is -0.688. The van der Waals surface area contributed by atoms with Crippen molar-refractivity contribution < 1.29 is 15.0 Å². The zero-order valence-electron chi connectivity index (χ0n) is 10.0. The van der Waals surface area contributed by atoms with Gasteiger partial charge in [0.1, 0.15) is 0 Å². The summed E-state index contributed by atoms with van der Waals surface area (Å²) in [6.45, 7) is 0.272. The third-order valence-corrected chi connectivity index (χ3v) is 2.46. The number of aliphatic hydroxyl groups is 1. The maximum Gasteiger partial charge on any atom is 0.303 e. The van der Waals surface area contributed by atoms with Crippen LogP contribution in [0.4, 0.5) is 0 Å². The summed E-state index contributed by atoms with van der Waals surface area (Å²) in [5, 5.41) is 17.0. The van der Waals surface area contributed by atoms with Crippen LogP contribution in [0.3, 0.4) is 0 Å². The van der Waals surface area contributed by atoms with E-state index in [-0.39, 0.29) is 6.61 Å². The van der Waals surface area contributed by atoms with Gasteiger partial charge in [-0.1, -0.05) is 31.4 Å². The summed E-state index contributed by atoms with van der Waals surface area (Å²) >= 11 is 0. The second kappa shape index (κ2) is 12.2. The van der Waals surface area contributed by atoms with E-state index < -0.39 is 5.97 Å². The Kier molecular flexibility index (Phi) is 11.6. The second-order valence-electron chi connectivity index (χ2n) is 4.04. The van der Waals surface area contributed by atoms with Gasteiger partial charge in [0.2, 0.25) is 0 Å². The van der Waals surface area contributed by atoms with Crippen molar-refractivity contribution in [2.45, 2.75) is 57.8 Å². The van der Waals surface area contributed by atoms with Gasteiger partial charge in [0.25, 0.3) is 0 Å². The van der Waals surface area contributed by atoms with Crippen LogP contribution < -0.4 is 0 Å². The lowest BCUT2D eigenvalue weighted by atomic mass is 10.1. The summed E-state index contributed by atoms with van der Waals surface area (Å²) in [6, 6.07) is 0. The molecule has 0 aliphatic rings. The number of allylic oxidation sites excluding steroid dienone is 2. The van der Waals surface area contributed by atoms with Crippen LogP contribution in [0.25, 0.3) is 0 Å². The van der Waals surface area contributed by atoms with Gasteiger partial charge in [-0.3, -0.25) is 4.79 Å². The monoisotopic (exact) mass is 228 g/mol. The van der Waals surface area contributed by atoms with Gasteiger partial charge in [-0.2, -0.15) is 0 Å². The summed E-state index contributed by atoms with van der Waals surface area (Å²) in [4.78, 5) is 10.2. The Morgan fingerprint density at radius 1 is 0.875 bits per heavy atom. The molecule has 0 fully saturated rings. The van der Waals surface area contributed by atoms with Crippen molar-refractivity contribution in [2.24, 2.45) is 0 Å². The molecule has 16 heavy (non-hydrogen) atoms. The average Bonchev–Trinajstić information content (AvgIpc) is 2.25. The number of rotatable bonds is 11. The topological polar surface area (TPSA) is 57.5 Å². The largest absolute Gasteiger partial charge is 0.481 e. The van der Waals surface area contributed by atoms with Gasteiger partial charge in [-0.05, 0) is 32.1 Å². The molecule has 0 aliphatic carbocycles. The molecule has 0 aromatic rings. The van der Waals surface area contributed by atoms with Crippen LogP contribution in [0.2, 0.25) is 0 Å². The molecule has 0 saturated carbocycles. The van der Waals surface area contributed by atoms with Crippen molar-refractivity contribution in [3.05, 3.63) is 12.2 Å². The number of carboxylic acid groups (broad SMARTS) is 1. The molecule has 0 heterocycles. The highest BCUT2D eigenvalue weighted by molar-refractivity contribution is 5.66. The van der Waals surface area contributed by atoms with Crippen LogP contribution in [-0.4, -0.2) is 22.8 Å². The van der Waals surface area contributed by atoms with Crippen LogP contribution in [0.5, 0.6) is 0 Å². The first-order valence-corrected chi connectivity index (χ1v) is 6.25. The van der Waals surface area contributed by atoms with Gasteiger partial charge in [-0.15, -0.1) is 0 Å². The van der Waals surface area contributed by atoms with E-state index in [0.29, 0.717) is 6.42 Å². The highest BCUT2D eigenvalue weighted by Crippen LogP contribution is 2.07. The Morgan fingerprint density at radius 2 is 1.44 bits per heavy atom. The molecular formula is C13H24O3. The minimum Gasteiger partial charge on any atom is -0.481 e. The van der Waals surface area contributed by atoms with Crippen molar-refractivity contribution in [2.75, 3.05) is 6.61 Å². The van der Waals surface area contributed by atoms with E-state index in [1.165, 1.54) is 12.8 Å². The van der Waals surface area contributed by atoms with Crippen molar-refractivity contribution in [3.8, 4) is 0 Å². The minimum absolute atomic E-state index is 0.272. The maximum atomic E-state index is 10.2. The van der Waals surface area contributed by atoms with Gasteiger partial charge in [-0.25, -0.2) is 0 Å². The van der Waals surface area contributed by atoms with Crippen molar-refractivity contribution in [1.82, 2.24) is 0 Å². The van der Waals surface area contributed by atoms with Crippen LogP contribution in [0, 0.1) is 0 Å². The fourth-order valence-electron chi connectivity index (χ4n) is 1.51. The van der Waals surface area contributed by atoms with Crippen LogP contribution >= 0.6 is 0 Å². The smallest absolute Gasteiger partial charge is 0.303 e. The SMILES string of the molecule is O=C(O)CCCCCCCC=CCCCO. The van der Waals surface area contributed by atoms with Gasteiger partial charge in [0, 0.05) is 13.0 Å². The number of carbonyl (C=O) groups is 1. The van der Waals surface area contributed by atoms with Crippen LogP contribution in [0.15, 0.2) is 12.2 Å². The zero-order chi connectivity index (χ0) is 12.1. The third kappa shape index (κ3) is 13.2. The van der Waals surface area contributed by atoms with Crippen molar-refractivity contribution >= 4 is 5.97 Å². The fourth-order valence-corrected chi connectivity index (χ4v) is 1.51. The standard InChI is InChI=1S/C13H24O3/c14-12-10-8-6-4-2-1-3-5-7-9-11-13(15)16/h4,6,14H,1-3,5,7-12H2,(H,15,16). The van der Waals surface area contributed by atoms with Crippen LogP contribution in [0.1, 0.15) is 57.8 Å². The molecule has 0 radical (unpaired) electrons. The van der Waals surface area contributed by atoms with Crippen molar-refractivity contribution in [3.63, 3.8) is 0 Å². The molecule has 0 aromatic carbocycles. The first-order chi connectivity index (χ1) is 7.77. The maximum absolute atomic E-state index is 10.2. The molecule has 0 spiro atoms. The summed E-state index contributed by atoms with van der Waals surface area (Å²) in [7, 11) is 0. The Bertz CT molecular complexity index is 188. The second-order valence-corrected chi connectivity index (χ2v) is 4.04. The molecule has 0 rings (SSSR count). The molecule has 3 nitrogen and oxygen atoms in total. The lowest BCUT2D eigenvalue weighted by molar-refractivity contribution is -0.137. The van der Waals surface area contributed by atoms with E-state index in [1.807, 2.05) is 0 Å². The van der Waals surface area contributed by atoms with Gasteiger partial charge < -0.3 is 10.2 Å². The first kappa shape index (κ1) is 15.2. The number of unbranched alkanes of at least 4 members (excludes halogenated alkanes) is 6. The Labute approximate surface area is 98.2 Å². The molecule has 0 aliphatic heterocycles. The Morgan fingerprint density at radius 3 is 2.06 bits per heavy atom. The lowest BCUT2D eigenvalue weighted by Crippen LogP contribution is -1.93. The Hall–Kier alpha value is -0.830. The normalized spacial score (nSPS) is 11.1. The number of hydrogen-bond acceptors (Lipinski definition) is 2. The van der Waals surface area contributed by atoms with E-state index >= 15 is 0 Å². The number of hydrogen-bond donors (Lipinski definition) is 2. The molecule has 0 bridgehead atoms. The molecule has 0 saturated heterocycles. The first-order valence-electron chi connectivity index (χ1n) is 6.25. The fraction of sp³-hybridized carbons (Fsp3) is 0.769. The van der Waals surface area contributed by atoms with E-state index in [0.717, 1.165) is 38.5 Å². The molecular weight excluding hydrogens is 204 g/mol. The molecule has 94 valence electrons. The molecule has 0 atom stereocenters. The summed E-state index contributed by atoms with van der Waals surface area (Å²) in [5.74, 6) is -0.688. The molecule has 0 amide bonds. The summed E-state index contributed by atoms with van der Waals surface area (Å²) < 4.78 is 0.